The number of likely N-dealkylation sites (tertiary alicyclic amines) is 1. The van der Waals surface area contributed by atoms with Gasteiger partial charge >= 0.3 is 0 Å². The first-order valence-electron chi connectivity index (χ1n) is 10.1. The third kappa shape index (κ3) is 3.97. The molecule has 4 nitrogen and oxygen atoms in total. The highest BCUT2D eigenvalue weighted by molar-refractivity contribution is 5.98. The maximum absolute atomic E-state index is 12.0. The number of benzene rings is 1. The molecule has 1 saturated heterocycles. The van der Waals surface area contributed by atoms with Crippen LogP contribution in [0.4, 0.5) is 0 Å². The molecule has 3 N–H and O–H groups in total. The lowest BCUT2D eigenvalue weighted by atomic mass is 9.74. The summed E-state index contributed by atoms with van der Waals surface area (Å²) in [6, 6.07) is 6.32. The molecular weight excluding hydrogens is 336 g/mol. The third-order valence-corrected chi connectivity index (χ3v) is 6.80. The van der Waals surface area contributed by atoms with E-state index in [-0.39, 0.29) is 0 Å². The molecule has 0 aromatic heterocycles. The van der Waals surface area contributed by atoms with Gasteiger partial charge in [-0.25, -0.2) is 0 Å². The highest BCUT2D eigenvalue weighted by Crippen LogP contribution is 2.42. The van der Waals surface area contributed by atoms with Gasteiger partial charge in [-0.2, -0.15) is 0 Å². The molecule has 3 rings (SSSR count). The Hall–Kier alpha value is -1.65. The Labute approximate surface area is 163 Å². The molecular formula is C23H34N2O2. The minimum atomic E-state index is -0.870. The molecule has 148 valence electrons. The molecule has 27 heavy (non-hydrogen) atoms. The smallest absolute Gasteiger partial charge is 0.249 e. The Morgan fingerprint density at radius 3 is 2.37 bits per heavy atom. The van der Waals surface area contributed by atoms with E-state index >= 15 is 0 Å². The Morgan fingerprint density at radius 1 is 1.22 bits per heavy atom. The molecule has 1 amide bonds. The quantitative estimate of drug-likeness (QED) is 0.843. The van der Waals surface area contributed by atoms with Crippen LogP contribution in [0.1, 0.15) is 81.3 Å². The molecule has 1 heterocycles. The molecule has 1 aromatic carbocycles. The predicted molar refractivity (Wildman–Crippen MR) is 110 cm³/mol. The van der Waals surface area contributed by atoms with Crippen LogP contribution in [-0.2, 0) is 5.60 Å². The van der Waals surface area contributed by atoms with Crippen molar-refractivity contribution in [1.82, 2.24) is 4.90 Å². The number of nitrogens with zero attached hydrogens (tertiary/aromatic N) is 1. The summed E-state index contributed by atoms with van der Waals surface area (Å²) in [5.74, 6) is -0.403. The molecule has 0 saturated carbocycles. The Morgan fingerprint density at radius 2 is 1.85 bits per heavy atom. The Balaban J connectivity index is 2.02. The van der Waals surface area contributed by atoms with Crippen LogP contribution in [0.5, 0.6) is 0 Å². The maximum atomic E-state index is 12.0. The lowest BCUT2D eigenvalue weighted by Crippen LogP contribution is -2.50. The summed E-state index contributed by atoms with van der Waals surface area (Å²) in [7, 11) is 2.12. The first-order chi connectivity index (χ1) is 12.5. The molecule has 2 unspecified atom stereocenters. The van der Waals surface area contributed by atoms with Gasteiger partial charge in [0, 0.05) is 17.6 Å². The summed E-state index contributed by atoms with van der Waals surface area (Å²) in [6.45, 7) is 8.86. The fourth-order valence-electron chi connectivity index (χ4n) is 4.65. The SMILES string of the molecule is CC1CC(O)(c2ccc(C(N)=O)c(C3=CCC(C)(C)CC3)c2)CC(C)N1C. The number of rotatable bonds is 3. The second-order valence-electron chi connectivity index (χ2n) is 9.53. The second kappa shape index (κ2) is 7.06. The first-order valence-corrected chi connectivity index (χ1v) is 10.1. The van der Waals surface area contributed by atoms with Crippen LogP contribution in [0, 0.1) is 5.41 Å². The monoisotopic (exact) mass is 370 g/mol. The number of amides is 1. The summed E-state index contributed by atoms with van der Waals surface area (Å²) in [4.78, 5) is 14.4. The number of piperidine rings is 1. The number of carbonyl (C=O) groups excluding carboxylic acids is 1. The average molecular weight is 371 g/mol. The van der Waals surface area contributed by atoms with Crippen LogP contribution in [0.3, 0.4) is 0 Å². The van der Waals surface area contributed by atoms with E-state index in [9.17, 15) is 9.90 Å². The summed E-state index contributed by atoms with van der Waals surface area (Å²) >= 11 is 0. The van der Waals surface area contributed by atoms with E-state index in [2.05, 4.69) is 45.7 Å². The normalized spacial score (nSPS) is 31.4. The van der Waals surface area contributed by atoms with E-state index in [0.29, 0.717) is 35.9 Å². The van der Waals surface area contributed by atoms with Gasteiger partial charge in [0.25, 0.3) is 0 Å². The zero-order chi connectivity index (χ0) is 20.0. The second-order valence-corrected chi connectivity index (χ2v) is 9.53. The van der Waals surface area contributed by atoms with Crippen molar-refractivity contribution < 1.29 is 9.90 Å². The standard InChI is InChI=1S/C23H34N2O2/c1-15-13-23(27,14-16(2)25(15)5)18-6-7-19(21(24)26)20(12-18)17-8-10-22(3,4)11-9-17/h6-8,12,15-16,27H,9-11,13-14H2,1-5H3,(H2,24,26). The molecule has 0 bridgehead atoms. The summed E-state index contributed by atoms with van der Waals surface area (Å²) in [6.07, 6.45) is 6.65. The van der Waals surface area contributed by atoms with Crippen LogP contribution < -0.4 is 5.73 Å². The first kappa shape index (κ1) is 20.1. The summed E-state index contributed by atoms with van der Waals surface area (Å²) < 4.78 is 0. The van der Waals surface area contributed by atoms with Crippen molar-refractivity contribution in [2.75, 3.05) is 7.05 Å². The molecule has 2 aliphatic rings. The number of hydrogen-bond donors (Lipinski definition) is 2. The largest absolute Gasteiger partial charge is 0.385 e. The van der Waals surface area contributed by atoms with Crippen LogP contribution >= 0.6 is 0 Å². The average Bonchev–Trinajstić information content (AvgIpc) is 2.59. The molecule has 4 heteroatoms. The minimum absolute atomic E-state index is 0.297. The highest BCUT2D eigenvalue weighted by Gasteiger charge is 2.40. The van der Waals surface area contributed by atoms with Crippen LogP contribution in [0.15, 0.2) is 24.3 Å². The zero-order valence-electron chi connectivity index (χ0n) is 17.4. The number of allylic oxidation sites excluding steroid dienone is 2. The summed E-state index contributed by atoms with van der Waals surface area (Å²) in [5.41, 5.74) is 8.64. The van der Waals surface area contributed by atoms with Crippen molar-refractivity contribution >= 4 is 11.5 Å². The van der Waals surface area contributed by atoms with E-state index in [1.807, 2.05) is 12.1 Å². The van der Waals surface area contributed by atoms with Crippen molar-refractivity contribution in [3.05, 3.63) is 41.0 Å². The van der Waals surface area contributed by atoms with Crippen LogP contribution in [0.2, 0.25) is 0 Å². The van der Waals surface area contributed by atoms with Gasteiger partial charge in [-0.15, -0.1) is 0 Å². The molecule has 2 atom stereocenters. The van der Waals surface area contributed by atoms with Crippen molar-refractivity contribution in [2.24, 2.45) is 11.1 Å². The van der Waals surface area contributed by atoms with Crippen molar-refractivity contribution in [1.29, 1.82) is 0 Å². The molecule has 0 radical (unpaired) electrons. The number of primary amides is 1. The van der Waals surface area contributed by atoms with E-state index in [1.165, 1.54) is 5.57 Å². The van der Waals surface area contributed by atoms with Gasteiger partial charge in [-0.3, -0.25) is 4.79 Å². The Kier molecular flexibility index (Phi) is 5.26. The van der Waals surface area contributed by atoms with Gasteiger partial charge in [0.2, 0.25) is 5.91 Å². The van der Waals surface area contributed by atoms with Crippen molar-refractivity contribution in [2.45, 2.75) is 77.5 Å². The topological polar surface area (TPSA) is 66.6 Å². The minimum Gasteiger partial charge on any atom is -0.385 e. The van der Waals surface area contributed by atoms with E-state index in [1.54, 1.807) is 6.07 Å². The molecule has 0 spiro atoms. The van der Waals surface area contributed by atoms with Gasteiger partial charge in [-0.05, 0) is 87.2 Å². The third-order valence-electron chi connectivity index (χ3n) is 6.80. The Bertz CT molecular complexity index is 754. The highest BCUT2D eigenvalue weighted by atomic mass is 16.3. The maximum Gasteiger partial charge on any atom is 0.249 e. The fraction of sp³-hybridized carbons (Fsp3) is 0.609. The van der Waals surface area contributed by atoms with Gasteiger partial charge in [-0.1, -0.05) is 26.0 Å². The van der Waals surface area contributed by atoms with E-state index in [0.717, 1.165) is 30.4 Å². The van der Waals surface area contributed by atoms with Crippen molar-refractivity contribution in [3.63, 3.8) is 0 Å². The number of aliphatic hydroxyl groups is 1. The van der Waals surface area contributed by atoms with Crippen LogP contribution in [0.25, 0.3) is 5.57 Å². The molecule has 1 aliphatic heterocycles. The molecule has 1 fully saturated rings. The van der Waals surface area contributed by atoms with Crippen molar-refractivity contribution in [3.8, 4) is 0 Å². The lowest BCUT2D eigenvalue weighted by molar-refractivity contribution is -0.0629. The van der Waals surface area contributed by atoms with Crippen LogP contribution in [-0.4, -0.2) is 35.0 Å². The summed E-state index contributed by atoms with van der Waals surface area (Å²) in [5, 5.41) is 11.5. The van der Waals surface area contributed by atoms with E-state index in [4.69, 9.17) is 5.73 Å². The number of carbonyl (C=O) groups is 1. The predicted octanol–water partition coefficient (Wildman–Crippen LogP) is 4.07. The fourth-order valence-corrected chi connectivity index (χ4v) is 4.65. The van der Waals surface area contributed by atoms with Gasteiger partial charge in [0.15, 0.2) is 0 Å². The van der Waals surface area contributed by atoms with Gasteiger partial charge in [0.1, 0.15) is 0 Å². The van der Waals surface area contributed by atoms with Gasteiger partial charge in [0.05, 0.1) is 5.60 Å². The number of nitrogens with two attached hydrogens (primary N) is 1. The molecule has 1 aliphatic carbocycles. The lowest BCUT2D eigenvalue weighted by Gasteiger charge is -2.45. The van der Waals surface area contributed by atoms with E-state index < -0.39 is 11.5 Å². The number of hydrogen-bond acceptors (Lipinski definition) is 3. The van der Waals surface area contributed by atoms with Gasteiger partial charge < -0.3 is 15.7 Å². The molecule has 1 aromatic rings. The zero-order valence-corrected chi connectivity index (χ0v) is 17.4.